The molecule has 3 nitrogen and oxygen atoms in total. The zero-order chi connectivity index (χ0) is 14.0. The smallest absolute Gasteiger partial charge is 0.319 e. The van der Waals surface area contributed by atoms with E-state index >= 15 is 0 Å². The number of nitrogens with one attached hydrogen (secondary N) is 1. The Morgan fingerprint density at radius 3 is 2.42 bits per heavy atom. The van der Waals surface area contributed by atoms with Gasteiger partial charge in [-0.3, -0.25) is 0 Å². The maximum atomic E-state index is 12.5. The van der Waals surface area contributed by atoms with Crippen LogP contribution in [0.2, 0.25) is 0 Å². The van der Waals surface area contributed by atoms with Gasteiger partial charge in [-0.25, -0.2) is 4.79 Å². The summed E-state index contributed by atoms with van der Waals surface area (Å²) < 4.78 is 0. The third-order valence-corrected chi connectivity index (χ3v) is 4.11. The third-order valence-electron chi connectivity index (χ3n) is 4.11. The van der Waals surface area contributed by atoms with Crippen molar-refractivity contribution < 1.29 is 4.79 Å². The van der Waals surface area contributed by atoms with Crippen molar-refractivity contribution in [2.24, 2.45) is 0 Å². The first-order chi connectivity index (χ1) is 8.92. The van der Waals surface area contributed by atoms with E-state index in [-0.39, 0.29) is 11.6 Å². The van der Waals surface area contributed by atoms with Gasteiger partial charge in [0.2, 0.25) is 0 Å². The molecule has 1 aromatic rings. The highest BCUT2D eigenvalue weighted by atomic mass is 16.2. The molecule has 1 heterocycles. The van der Waals surface area contributed by atoms with E-state index in [4.69, 9.17) is 0 Å². The highest BCUT2D eigenvalue weighted by Gasteiger charge is 2.33. The van der Waals surface area contributed by atoms with Gasteiger partial charge < -0.3 is 10.2 Å². The number of piperidine rings is 1. The number of para-hydroxylation sites is 1. The minimum Gasteiger partial charge on any atom is -0.319 e. The van der Waals surface area contributed by atoms with E-state index in [2.05, 4.69) is 19.2 Å². The van der Waals surface area contributed by atoms with Crippen molar-refractivity contribution in [2.75, 3.05) is 11.9 Å². The molecule has 0 aromatic heterocycles. The molecule has 0 aliphatic carbocycles. The Morgan fingerprint density at radius 2 is 1.84 bits per heavy atom. The number of amides is 2. The Hall–Kier alpha value is -1.51. The molecule has 3 heteroatoms. The van der Waals surface area contributed by atoms with Gasteiger partial charge in [-0.15, -0.1) is 0 Å². The lowest BCUT2D eigenvalue weighted by molar-refractivity contribution is 0.112. The summed E-state index contributed by atoms with van der Waals surface area (Å²) in [7, 11) is 0. The van der Waals surface area contributed by atoms with E-state index < -0.39 is 0 Å². The lowest BCUT2D eigenvalue weighted by Crippen LogP contribution is -2.52. The van der Waals surface area contributed by atoms with Crippen LogP contribution in [0.25, 0.3) is 0 Å². The molecular formula is C16H24N2O. The Bertz CT molecular complexity index is 459. The summed E-state index contributed by atoms with van der Waals surface area (Å²) in [6.07, 6.45) is 3.39. The van der Waals surface area contributed by atoms with Gasteiger partial charge in [0.25, 0.3) is 0 Å². The molecule has 0 saturated carbocycles. The molecule has 0 bridgehead atoms. The fraction of sp³-hybridized carbons (Fsp3) is 0.562. The highest BCUT2D eigenvalue weighted by molar-refractivity contribution is 5.91. The standard InChI is InChI=1S/C16H24N2O/c1-12-8-7-9-13(2)14(12)17-15(19)18-11-6-5-10-16(18,3)4/h7-9H,5-6,10-11H2,1-4H3,(H,17,19). The SMILES string of the molecule is Cc1cccc(C)c1NC(=O)N1CCCCC1(C)C. The molecule has 1 aromatic carbocycles. The number of hydrogen-bond donors (Lipinski definition) is 1. The number of carbonyl (C=O) groups excluding carboxylic acids is 1. The Labute approximate surface area is 116 Å². The van der Waals surface area contributed by atoms with Crippen molar-refractivity contribution >= 4 is 11.7 Å². The van der Waals surface area contributed by atoms with Crippen LogP contribution in [0.4, 0.5) is 10.5 Å². The fourth-order valence-corrected chi connectivity index (χ4v) is 2.83. The first-order valence-electron chi connectivity index (χ1n) is 7.07. The number of rotatable bonds is 1. The molecule has 1 saturated heterocycles. The molecule has 0 unspecified atom stereocenters. The van der Waals surface area contributed by atoms with Crippen molar-refractivity contribution in [1.82, 2.24) is 4.90 Å². The molecule has 0 atom stereocenters. The average Bonchev–Trinajstić information content (AvgIpc) is 2.33. The molecule has 0 radical (unpaired) electrons. The molecule has 2 amide bonds. The minimum atomic E-state index is -0.0427. The Kier molecular flexibility index (Phi) is 3.83. The van der Waals surface area contributed by atoms with Gasteiger partial charge in [0.05, 0.1) is 0 Å². The van der Waals surface area contributed by atoms with Crippen molar-refractivity contribution in [2.45, 2.75) is 52.5 Å². The topological polar surface area (TPSA) is 32.3 Å². The van der Waals surface area contributed by atoms with Crippen molar-refractivity contribution in [3.63, 3.8) is 0 Å². The number of anilines is 1. The number of urea groups is 1. The predicted octanol–water partition coefficient (Wildman–Crippen LogP) is 4.10. The average molecular weight is 260 g/mol. The molecular weight excluding hydrogens is 236 g/mol. The van der Waals surface area contributed by atoms with Crippen LogP contribution >= 0.6 is 0 Å². The number of hydrogen-bond acceptors (Lipinski definition) is 1. The molecule has 1 N–H and O–H groups in total. The van der Waals surface area contributed by atoms with Crippen LogP contribution in [0.1, 0.15) is 44.2 Å². The van der Waals surface area contributed by atoms with Gasteiger partial charge in [0.15, 0.2) is 0 Å². The highest BCUT2D eigenvalue weighted by Crippen LogP contribution is 2.28. The fourth-order valence-electron chi connectivity index (χ4n) is 2.83. The lowest BCUT2D eigenvalue weighted by atomic mass is 9.91. The number of benzene rings is 1. The predicted molar refractivity (Wildman–Crippen MR) is 79.6 cm³/mol. The molecule has 1 aliphatic heterocycles. The van der Waals surface area contributed by atoms with Gasteiger partial charge in [-0.2, -0.15) is 0 Å². The van der Waals surface area contributed by atoms with Crippen LogP contribution in [0.3, 0.4) is 0 Å². The maximum absolute atomic E-state index is 12.5. The summed E-state index contributed by atoms with van der Waals surface area (Å²) >= 11 is 0. The lowest BCUT2D eigenvalue weighted by Gasteiger charge is -2.42. The maximum Gasteiger partial charge on any atom is 0.322 e. The Morgan fingerprint density at radius 1 is 1.21 bits per heavy atom. The molecule has 19 heavy (non-hydrogen) atoms. The third kappa shape index (κ3) is 2.91. The van der Waals surface area contributed by atoms with Gasteiger partial charge >= 0.3 is 6.03 Å². The van der Waals surface area contributed by atoms with Crippen molar-refractivity contribution in [3.8, 4) is 0 Å². The van der Waals surface area contributed by atoms with E-state index in [0.29, 0.717) is 0 Å². The molecule has 104 valence electrons. The zero-order valence-electron chi connectivity index (χ0n) is 12.4. The van der Waals surface area contributed by atoms with E-state index in [1.54, 1.807) is 0 Å². The van der Waals surface area contributed by atoms with Crippen LogP contribution in [0.5, 0.6) is 0 Å². The molecule has 1 aliphatic rings. The first kappa shape index (κ1) is 13.9. The quantitative estimate of drug-likeness (QED) is 0.810. The summed E-state index contributed by atoms with van der Waals surface area (Å²) in [5.41, 5.74) is 3.14. The summed E-state index contributed by atoms with van der Waals surface area (Å²) in [5.74, 6) is 0. The van der Waals surface area contributed by atoms with Gasteiger partial charge in [-0.1, -0.05) is 18.2 Å². The molecule has 0 spiro atoms. The van der Waals surface area contributed by atoms with E-state index in [1.165, 1.54) is 6.42 Å². The Balaban J connectivity index is 2.17. The minimum absolute atomic E-state index is 0.0297. The molecule has 1 fully saturated rings. The number of aryl methyl sites for hydroxylation is 2. The van der Waals surface area contributed by atoms with Gasteiger partial charge in [0, 0.05) is 17.8 Å². The summed E-state index contributed by atoms with van der Waals surface area (Å²) in [5, 5.41) is 3.09. The summed E-state index contributed by atoms with van der Waals surface area (Å²) in [6.45, 7) is 9.21. The van der Waals surface area contributed by atoms with E-state index in [0.717, 1.165) is 36.2 Å². The molecule has 2 rings (SSSR count). The number of likely N-dealkylation sites (tertiary alicyclic amines) is 1. The number of nitrogens with zero attached hydrogens (tertiary/aromatic N) is 1. The first-order valence-corrected chi connectivity index (χ1v) is 7.07. The van der Waals surface area contributed by atoms with E-state index in [9.17, 15) is 4.79 Å². The second kappa shape index (κ2) is 5.24. The summed E-state index contributed by atoms with van der Waals surface area (Å²) in [4.78, 5) is 14.5. The normalized spacial score (nSPS) is 18.2. The van der Waals surface area contributed by atoms with Crippen LogP contribution < -0.4 is 5.32 Å². The van der Waals surface area contributed by atoms with Gasteiger partial charge in [-0.05, 0) is 58.1 Å². The van der Waals surface area contributed by atoms with Crippen LogP contribution in [0, 0.1) is 13.8 Å². The second-order valence-corrected chi connectivity index (χ2v) is 6.12. The van der Waals surface area contributed by atoms with Crippen LogP contribution in [-0.4, -0.2) is 23.0 Å². The summed E-state index contributed by atoms with van der Waals surface area (Å²) in [6, 6.07) is 6.11. The van der Waals surface area contributed by atoms with Crippen molar-refractivity contribution in [1.29, 1.82) is 0 Å². The monoisotopic (exact) mass is 260 g/mol. The van der Waals surface area contributed by atoms with Gasteiger partial charge in [0.1, 0.15) is 0 Å². The number of carbonyl (C=O) groups is 1. The largest absolute Gasteiger partial charge is 0.322 e. The van der Waals surface area contributed by atoms with Crippen molar-refractivity contribution in [3.05, 3.63) is 29.3 Å². The second-order valence-electron chi connectivity index (χ2n) is 6.12. The van der Waals surface area contributed by atoms with E-state index in [1.807, 2.05) is 36.9 Å². The zero-order valence-corrected chi connectivity index (χ0v) is 12.4. The van der Waals surface area contributed by atoms with Crippen LogP contribution in [0.15, 0.2) is 18.2 Å². The van der Waals surface area contributed by atoms with Crippen LogP contribution in [-0.2, 0) is 0 Å².